The summed E-state index contributed by atoms with van der Waals surface area (Å²) in [5, 5.41) is 0. The number of hydrogen-bond acceptors (Lipinski definition) is 6. The second-order valence-corrected chi connectivity index (χ2v) is 7.26. The highest BCUT2D eigenvalue weighted by Crippen LogP contribution is 2.30. The summed E-state index contributed by atoms with van der Waals surface area (Å²) in [6, 6.07) is 11.6. The molecule has 2 N–H and O–H groups in total. The number of methoxy groups -OCH3 is 1. The molecule has 0 bridgehead atoms. The van der Waals surface area contributed by atoms with Gasteiger partial charge in [0.05, 0.1) is 7.11 Å². The van der Waals surface area contributed by atoms with Crippen molar-refractivity contribution in [1.29, 1.82) is 0 Å². The van der Waals surface area contributed by atoms with Gasteiger partial charge in [0.15, 0.2) is 11.5 Å². The number of sulfonamides is 1. The molecule has 0 saturated carbocycles. The maximum atomic E-state index is 12.5. The van der Waals surface area contributed by atoms with Crippen molar-refractivity contribution in [2.75, 3.05) is 13.7 Å². The van der Waals surface area contributed by atoms with Gasteiger partial charge in [-0.3, -0.25) is 10.2 Å². The molecule has 3 rings (SSSR count). The van der Waals surface area contributed by atoms with Crippen LogP contribution in [0.25, 0.3) is 0 Å². The molecule has 1 amide bonds. The molecule has 0 radical (unpaired) electrons. The number of ether oxygens (including phenoxy) is 3. The van der Waals surface area contributed by atoms with Crippen LogP contribution in [0.3, 0.4) is 0 Å². The first-order valence-electron chi connectivity index (χ1n) is 7.75. The molecule has 0 fully saturated rings. The average Bonchev–Trinajstić information content (AvgIpc) is 2.65. The van der Waals surface area contributed by atoms with E-state index in [1.807, 2.05) is 0 Å². The van der Waals surface area contributed by atoms with E-state index in [0.29, 0.717) is 11.5 Å². The fourth-order valence-corrected chi connectivity index (χ4v) is 3.50. The lowest BCUT2D eigenvalue weighted by Crippen LogP contribution is -2.50. The summed E-state index contributed by atoms with van der Waals surface area (Å²) in [6.07, 6.45) is -0.980. The number of aryl methyl sites for hydroxylation is 1. The topological polar surface area (TPSA) is 103 Å². The number of rotatable bonds is 5. The zero-order valence-electron chi connectivity index (χ0n) is 14.2. The van der Waals surface area contributed by atoms with E-state index < -0.39 is 22.0 Å². The van der Waals surface area contributed by atoms with E-state index in [9.17, 15) is 13.2 Å². The fraction of sp³-hybridized carbons (Fsp3) is 0.235. The number of nitrogens with one attached hydrogen (secondary N) is 2. The lowest BCUT2D eigenvalue weighted by molar-refractivity contribution is -0.130. The van der Waals surface area contributed by atoms with Crippen LogP contribution in [0.1, 0.15) is 5.56 Å². The van der Waals surface area contributed by atoms with Gasteiger partial charge in [-0.15, -0.1) is 4.83 Å². The van der Waals surface area contributed by atoms with Crippen LogP contribution in [-0.4, -0.2) is 34.1 Å². The van der Waals surface area contributed by atoms with Gasteiger partial charge in [0.2, 0.25) is 6.10 Å². The number of amides is 1. The summed E-state index contributed by atoms with van der Waals surface area (Å²) >= 11 is 0. The fourth-order valence-electron chi connectivity index (χ4n) is 2.40. The van der Waals surface area contributed by atoms with Crippen molar-refractivity contribution in [3.05, 3.63) is 48.0 Å². The molecular formula is C17H18N2O6S. The van der Waals surface area contributed by atoms with Crippen molar-refractivity contribution in [1.82, 2.24) is 10.3 Å². The van der Waals surface area contributed by atoms with Gasteiger partial charge in [0.25, 0.3) is 15.9 Å². The Morgan fingerprint density at radius 2 is 1.92 bits per heavy atom. The first-order valence-corrected chi connectivity index (χ1v) is 9.24. The minimum absolute atomic E-state index is 0.0294. The molecule has 1 heterocycles. The van der Waals surface area contributed by atoms with Crippen LogP contribution in [0.15, 0.2) is 47.4 Å². The maximum absolute atomic E-state index is 12.5. The molecule has 9 heteroatoms. The number of para-hydroxylation sites is 2. The van der Waals surface area contributed by atoms with Gasteiger partial charge in [0, 0.05) is 0 Å². The summed E-state index contributed by atoms with van der Waals surface area (Å²) < 4.78 is 41.0. The Labute approximate surface area is 151 Å². The van der Waals surface area contributed by atoms with E-state index in [1.54, 1.807) is 43.3 Å². The molecule has 2 aromatic rings. The zero-order chi connectivity index (χ0) is 18.7. The number of fused-ring (bicyclic) bond motifs is 1. The van der Waals surface area contributed by atoms with Gasteiger partial charge in [-0.05, 0) is 36.8 Å². The number of benzene rings is 2. The van der Waals surface area contributed by atoms with Gasteiger partial charge in [0.1, 0.15) is 17.3 Å². The van der Waals surface area contributed by atoms with Crippen molar-refractivity contribution in [2.45, 2.75) is 17.9 Å². The lowest BCUT2D eigenvalue weighted by atomic mass is 10.2. The van der Waals surface area contributed by atoms with E-state index in [0.717, 1.165) is 5.56 Å². The van der Waals surface area contributed by atoms with Crippen LogP contribution in [0.5, 0.6) is 17.2 Å². The molecule has 8 nitrogen and oxygen atoms in total. The summed E-state index contributed by atoms with van der Waals surface area (Å²) in [6.45, 7) is 1.72. The minimum Gasteiger partial charge on any atom is -0.495 e. The van der Waals surface area contributed by atoms with Crippen molar-refractivity contribution in [3.8, 4) is 17.2 Å². The molecule has 0 aliphatic carbocycles. The third-order valence-electron chi connectivity index (χ3n) is 3.72. The van der Waals surface area contributed by atoms with Crippen LogP contribution in [0, 0.1) is 6.92 Å². The Kier molecular flexibility index (Phi) is 5.01. The molecule has 1 aliphatic heterocycles. The minimum atomic E-state index is -4.02. The second-order valence-electron chi connectivity index (χ2n) is 5.61. The third-order valence-corrected chi connectivity index (χ3v) is 4.99. The van der Waals surface area contributed by atoms with Crippen LogP contribution < -0.4 is 24.5 Å². The zero-order valence-corrected chi connectivity index (χ0v) is 15.0. The average molecular weight is 378 g/mol. The third kappa shape index (κ3) is 3.73. The van der Waals surface area contributed by atoms with Crippen molar-refractivity contribution < 1.29 is 27.4 Å². The van der Waals surface area contributed by atoms with Crippen LogP contribution >= 0.6 is 0 Å². The molecule has 0 aromatic heterocycles. The van der Waals surface area contributed by atoms with E-state index in [4.69, 9.17) is 14.2 Å². The molecule has 26 heavy (non-hydrogen) atoms. The van der Waals surface area contributed by atoms with Crippen LogP contribution in [-0.2, 0) is 14.8 Å². The van der Waals surface area contributed by atoms with Gasteiger partial charge >= 0.3 is 0 Å². The highest BCUT2D eigenvalue weighted by atomic mass is 32.2. The molecule has 0 saturated heterocycles. The summed E-state index contributed by atoms with van der Waals surface area (Å²) in [5.74, 6) is 0.446. The first-order chi connectivity index (χ1) is 12.4. The number of hydrogen-bond donors (Lipinski definition) is 2. The Hall–Kier alpha value is -2.78. The van der Waals surface area contributed by atoms with Gasteiger partial charge in [-0.1, -0.05) is 18.2 Å². The molecule has 0 unspecified atom stereocenters. The highest BCUT2D eigenvalue weighted by molar-refractivity contribution is 7.89. The summed E-state index contributed by atoms with van der Waals surface area (Å²) in [4.78, 5) is 14.2. The van der Waals surface area contributed by atoms with E-state index in [1.165, 1.54) is 13.2 Å². The van der Waals surface area contributed by atoms with E-state index >= 15 is 0 Å². The van der Waals surface area contributed by atoms with Crippen LogP contribution in [0.4, 0.5) is 0 Å². The summed E-state index contributed by atoms with van der Waals surface area (Å²) in [7, 11) is -2.66. The predicted octanol–water partition coefficient (Wildman–Crippen LogP) is 1.15. The van der Waals surface area contributed by atoms with Crippen molar-refractivity contribution in [2.24, 2.45) is 0 Å². The monoisotopic (exact) mass is 378 g/mol. The lowest BCUT2D eigenvalue weighted by Gasteiger charge is -2.25. The normalized spacial score (nSPS) is 16.0. The number of carbonyl (C=O) groups is 1. The van der Waals surface area contributed by atoms with Crippen molar-refractivity contribution in [3.63, 3.8) is 0 Å². The molecule has 0 spiro atoms. The van der Waals surface area contributed by atoms with Crippen LogP contribution in [0.2, 0.25) is 0 Å². The molecule has 2 aromatic carbocycles. The smallest absolute Gasteiger partial charge is 0.279 e. The standard InChI is InChI=1S/C17H18N2O6S/c1-11-7-8-14(23-2)16(9-11)26(21,22)19-18-17(20)15-10-24-12-5-3-4-6-13(12)25-15/h3-9,15,19H,10H2,1-2H3,(H,18,20)/t15-/m1/s1. The SMILES string of the molecule is COc1ccc(C)cc1S(=O)(=O)NNC(=O)[C@H]1COc2ccccc2O1. The molecule has 138 valence electrons. The Bertz CT molecular complexity index is 929. The first kappa shape index (κ1) is 18.0. The molecule has 1 atom stereocenters. The van der Waals surface area contributed by atoms with E-state index in [2.05, 4.69) is 10.3 Å². The van der Waals surface area contributed by atoms with Gasteiger partial charge < -0.3 is 14.2 Å². The largest absolute Gasteiger partial charge is 0.495 e. The predicted molar refractivity (Wildman–Crippen MR) is 92.5 cm³/mol. The Morgan fingerprint density at radius 1 is 1.19 bits per heavy atom. The molecule has 1 aliphatic rings. The quantitative estimate of drug-likeness (QED) is 0.757. The number of hydrazine groups is 1. The van der Waals surface area contributed by atoms with Gasteiger partial charge in [-0.25, -0.2) is 8.42 Å². The second kappa shape index (κ2) is 7.22. The Morgan fingerprint density at radius 3 is 2.65 bits per heavy atom. The Balaban J connectivity index is 1.69. The highest BCUT2D eigenvalue weighted by Gasteiger charge is 2.29. The van der Waals surface area contributed by atoms with Crippen molar-refractivity contribution >= 4 is 15.9 Å². The van der Waals surface area contributed by atoms with Gasteiger partial charge in [-0.2, -0.15) is 0 Å². The number of carbonyl (C=O) groups excluding carboxylic acids is 1. The van der Waals surface area contributed by atoms with E-state index in [-0.39, 0.29) is 17.3 Å². The maximum Gasteiger partial charge on any atom is 0.279 e. The molecular weight excluding hydrogens is 360 g/mol. The summed E-state index contributed by atoms with van der Waals surface area (Å²) in [5.41, 5.74) is 2.89.